The van der Waals surface area contributed by atoms with Crippen LogP contribution in [-0.4, -0.2) is 49.1 Å². The Morgan fingerprint density at radius 3 is 2.50 bits per heavy atom. The first kappa shape index (κ1) is 18.2. The standard InChI is InChI=1S/C20H24N2O4/c1-25-15-11-20(21-18(23)16-6-3-2-4-7-16)9-12-22(13-10-20)19(24)17-8-5-14-26-17/h2-8,14H,9-13,15H2,1H3,(H,21,23). The SMILES string of the molecule is COCCC1(NC(=O)c2ccccc2)CCN(C(=O)c2ccco2)CC1. The summed E-state index contributed by atoms with van der Waals surface area (Å²) in [6.45, 7) is 1.69. The monoisotopic (exact) mass is 356 g/mol. The quantitative estimate of drug-likeness (QED) is 0.864. The summed E-state index contributed by atoms with van der Waals surface area (Å²) >= 11 is 0. The van der Waals surface area contributed by atoms with E-state index in [-0.39, 0.29) is 17.4 Å². The maximum atomic E-state index is 12.6. The molecule has 6 nitrogen and oxygen atoms in total. The Kier molecular flexibility index (Phi) is 5.73. The molecule has 138 valence electrons. The second-order valence-electron chi connectivity index (χ2n) is 6.61. The summed E-state index contributed by atoms with van der Waals surface area (Å²) in [4.78, 5) is 26.9. The summed E-state index contributed by atoms with van der Waals surface area (Å²) in [6.07, 6.45) is 3.58. The van der Waals surface area contributed by atoms with Gasteiger partial charge in [0.1, 0.15) is 0 Å². The molecule has 3 rings (SSSR count). The molecule has 1 aliphatic heterocycles. The number of hydrogen-bond donors (Lipinski definition) is 1. The zero-order valence-electron chi connectivity index (χ0n) is 14.9. The fourth-order valence-corrected chi connectivity index (χ4v) is 3.33. The van der Waals surface area contributed by atoms with E-state index in [1.165, 1.54) is 6.26 Å². The Morgan fingerprint density at radius 1 is 1.15 bits per heavy atom. The van der Waals surface area contributed by atoms with Crippen LogP contribution in [0.15, 0.2) is 53.1 Å². The van der Waals surface area contributed by atoms with E-state index < -0.39 is 0 Å². The highest BCUT2D eigenvalue weighted by atomic mass is 16.5. The Balaban J connectivity index is 1.67. The molecule has 0 unspecified atom stereocenters. The number of piperidine rings is 1. The minimum absolute atomic E-state index is 0.0903. The molecule has 0 atom stereocenters. The van der Waals surface area contributed by atoms with E-state index in [0.29, 0.717) is 50.3 Å². The number of benzene rings is 1. The number of carbonyl (C=O) groups excluding carboxylic acids is 2. The van der Waals surface area contributed by atoms with Crippen molar-refractivity contribution >= 4 is 11.8 Å². The lowest BCUT2D eigenvalue weighted by Crippen LogP contribution is -2.56. The van der Waals surface area contributed by atoms with Crippen molar-refractivity contribution in [1.82, 2.24) is 10.2 Å². The summed E-state index contributed by atoms with van der Waals surface area (Å²) < 4.78 is 10.5. The lowest BCUT2D eigenvalue weighted by atomic mass is 9.84. The van der Waals surface area contributed by atoms with Gasteiger partial charge >= 0.3 is 0 Å². The van der Waals surface area contributed by atoms with Gasteiger partial charge in [-0.05, 0) is 43.5 Å². The van der Waals surface area contributed by atoms with E-state index in [2.05, 4.69) is 5.32 Å². The molecule has 2 heterocycles. The normalized spacial score (nSPS) is 16.3. The minimum atomic E-state index is -0.372. The van der Waals surface area contributed by atoms with E-state index in [1.54, 1.807) is 36.3 Å². The second kappa shape index (κ2) is 8.19. The van der Waals surface area contributed by atoms with Gasteiger partial charge in [0.05, 0.1) is 6.26 Å². The number of amides is 2. The first-order valence-electron chi connectivity index (χ1n) is 8.83. The van der Waals surface area contributed by atoms with Gasteiger partial charge < -0.3 is 19.4 Å². The smallest absolute Gasteiger partial charge is 0.289 e. The topological polar surface area (TPSA) is 71.8 Å². The summed E-state index contributed by atoms with van der Waals surface area (Å²) in [5.74, 6) is 0.153. The van der Waals surface area contributed by atoms with Crippen LogP contribution in [0.2, 0.25) is 0 Å². The molecule has 1 saturated heterocycles. The lowest BCUT2D eigenvalue weighted by Gasteiger charge is -2.42. The summed E-state index contributed by atoms with van der Waals surface area (Å²) in [7, 11) is 1.66. The molecule has 1 aromatic heterocycles. The Labute approximate surface area is 153 Å². The Bertz CT molecular complexity index is 720. The molecule has 6 heteroatoms. The predicted octanol–water partition coefficient (Wildman–Crippen LogP) is 2.72. The van der Waals surface area contributed by atoms with E-state index in [1.807, 2.05) is 18.2 Å². The minimum Gasteiger partial charge on any atom is -0.459 e. The number of carbonyl (C=O) groups is 2. The van der Waals surface area contributed by atoms with Crippen molar-refractivity contribution in [3.63, 3.8) is 0 Å². The number of likely N-dealkylation sites (tertiary alicyclic amines) is 1. The van der Waals surface area contributed by atoms with Gasteiger partial charge in [0, 0.05) is 37.9 Å². The van der Waals surface area contributed by atoms with Crippen molar-refractivity contribution in [3.8, 4) is 0 Å². The number of nitrogens with zero attached hydrogens (tertiary/aromatic N) is 1. The number of ether oxygens (including phenoxy) is 1. The van der Waals surface area contributed by atoms with Gasteiger partial charge in [0.25, 0.3) is 11.8 Å². The molecular weight excluding hydrogens is 332 g/mol. The average molecular weight is 356 g/mol. The molecule has 1 fully saturated rings. The van der Waals surface area contributed by atoms with Crippen molar-refractivity contribution in [1.29, 1.82) is 0 Å². The van der Waals surface area contributed by atoms with Crippen LogP contribution in [0, 0.1) is 0 Å². The zero-order valence-corrected chi connectivity index (χ0v) is 14.9. The average Bonchev–Trinajstić information content (AvgIpc) is 3.22. The molecule has 0 saturated carbocycles. The summed E-state index contributed by atoms with van der Waals surface area (Å²) in [5, 5.41) is 3.20. The number of nitrogens with one attached hydrogen (secondary N) is 1. The molecule has 0 aliphatic carbocycles. The molecule has 0 radical (unpaired) electrons. The first-order chi connectivity index (χ1) is 12.6. The van der Waals surface area contributed by atoms with Crippen LogP contribution in [0.3, 0.4) is 0 Å². The fraction of sp³-hybridized carbons (Fsp3) is 0.400. The van der Waals surface area contributed by atoms with Gasteiger partial charge in [0.2, 0.25) is 0 Å². The van der Waals surface area contributed by atoms with E-state index in [9.17, 15) is 9.59 Å². The third kappa shape index (κ3) is 4.14. The van der Waals surface area contributed by atoms with Gasteiger partial charge in [-0.1, -0.05) is 18.2 Å². The number of rotatable bonds is 6. The number of furan rings is 1. The maximum Gasteiger partial charge on any atom is 0.289 e. The third-order valence-electron chi connectivity index (χ3n) is 4.94. The van der Waals surface area contributed by atoms with E-state index >= 15 is 0 Å². The van der Waals surface area contributed by atoms with Gasteiger partial charge in [-0.3, -0.25) is 9.59 Å². The van der Waals surface area contributed by atoms with Crippen molar-refractivity contribution in [2.45, 2.75) is 24.8 Å². The highest BCUT2D eigenvalue weighted by Crippen LogP contribution is 2.27. The van der Waals surface area contributed by atoms with E-state index in [0.717, 1.165) is 0 Å². The number of methoxy groups -OCH3 is 1. The predicted molar refractivity (Wildman–Crippen MR) is 97.0 cm³/mol. The molecular formula is C20H24N2O4. The Morgan fingerprint density at radius 2 is 1.88 bits per heavy atom. The molecule has 2 aromatic rings. The number of hydrogen-bond acceptors (Lipinski definition) is 4. The molecule has 0 spiro atoms. The molecule has 1 aliphatic rings. The molecule has 0 bridgehead atoms. The summed E-state index contributed by atoms with van der Waals surface area (Å²) in [5.41, 5.74) is 0.265. The van der Waals surface area contributed by atoms with Crippen molar-refractivity contribution in [2.24, 2.45) is 0 Å². The van der Waals surface area contributed by atoms with Crippen LogP contribution < -0.4 is 5.32 Å². The first-order valence-corrected chi connectivity index (χ1v) is 8.83. The van der Waals surface area contributed by atoms with E-state index in [4.69, 9.17) is 9.15 Å². The van der Waals surface area contributed by atoms with Crippen molar-refractivity contribution in [3.05, 3.63) is 60.1 Å². The van der Waals surface area contributed by atoms with Crippen LogP contribution in [0.5, 0.6) is 0 Å². The van der Waals surface area contributed by atoms with Crippen molar-refractivity contribution < 1.29 is 18.7 Å². The maximum absolute atomic E-state index is 12.6. The van der Waals surface area contributed by atoms with Crippen LogP contribution in [0.4, 0.5) is 0 Å². The van der Waals surface area contributed by atoms with Gasteiger partial charge in [0.15, 0.2) is 5.76 Å². The molecule has 1 aromatic carbocycles. The molecule has 2 amide bonds. The highest BCUT2D eigenvalue weighted by Gasteiger charge is 2.37. The van der Waals surface area contributed by atoms with Crippen molar-refractivity contribution in [2.75, 3.05) is 26.8 Å². The van der Waals surface area contributed by atoms with Gasteiger partial charge in [-0.2, -0.15) is 0 Å². The molecule has 26 heavy (non-hydrogen) atoms. The van der Waals surface area contributed by atoms with Crippen LogP contribution >= 0.6 is 0 Å². The third-order valence-corrected chi connectivity index (χ3v) is 4.94. The van der Waals surface area contributed by atoms with Gasteiger partial charge in [-0.25, -0.2) is 0 Å². The highest BCUT2D eigenvalue weighted by molar-refractivity contribution is 5.94. The lowest BCUT2D eigenvalue weighted by molar-refractivity contribution is 0.0535. The van der Waals surface area contributed by atoms with Crippen LogP contribution in [0.1, 0.15) is 40.2 Å². The zero-order chi connectivity index (χ0) is 18.4. The largest absolute Gasteiger partial charge is 0.459 e. The fourth-order valence-electron chi connectivity index (χ4n) is 3.33. The Hall–Kier alpha value is -2.60. The molecule has 1 N–H and O–H groups in total. The van der Waals surface area contributed by atoms with Crippen LogP contribution in [0.25, 0.3) is 0 Å². The van der Waals surface area contributed by atoms with Gasteiger partial charge in [-0.15, -0.1) is 0 Å². The van der Waals surface area contributed by atoms with Crippen LogP contribution in [-0.2, 0) is 4.74 Å². The second-order valence-corrected chi connectivity index (χ2v) is 6.61. The summed E-state index contributed by atoms with van der Waals surface area (Å²) in [6, 6.07) is 12.6.